The molecule has 0 aliphatic rings. The smallest absolute Gasteiger partial charge is 0.328 e. The van der Waals surface area contributed by atoms with Crippen molar-refractivity contribution >= 4 is 28.4 Å². The second-order valence-electron chi connectivity index (χ2n) is 8.36. The molecular weight excluding hydrogens is 467 g/mol. The molecular formula is C26H23FN4O5. The number of ether oxygens (including phenoxy) is 1. The molecule has 0 fully saturated rings. The van der Waals surface area contributed by atoms with Gasteiger partial charge in [-0.25, -0.2) is 9.07 Å². The van der Waals surface area contributed by atoms with Crippen LogP contribution in [0.5, 0.6) is 0 Å². The number of ketones is 1. The summed E-state index contributed by atoms with van der Waals surface area (Å²) >= 11 is 0. The zero-order chi connectivity index (χ0) is 26.1. The highest BCUT2D eigenvalue weighted by atomic mass is 19.1. The van der Waals surface area contributed by atoms with Gasteiger partial charge in [0, 0.05) is 28.0 Å². The number of benzene rings is 2. The molecule has 36 heavy (non-hydrogen) atoms. The molecule has 9 nitrogen and oxygen atoms in total. The van der Waals surface area contributed by atoms with E-state index in [-0.39, 0.29) is 22.3 Å². The monoisotopic (exact) mass is 490 g/mol. The molecule has 2 aromatic carbocycles. The molecule has 1 amide bonds. The predicted octanol–water partition coefficient (Wildman–Crippen LogP) is 2.78. The molecule has 4 rings (SSSR count). The minimum atomic E-state index is -0.891. The van der Waals surface area contributed by atoms with Crippen LogP contribution < -0.4 is 11.3 Å². The summed E-state index contributed by atoms with van der Waals surface area (Å²) in [6.07, 6.45) is 0. The SMILES string of the molecule is Cc1ccc(-n2c(C)cc(C(=O)COC(=O)Cn3nc(C(N)=O)c4ccccc4c3=O)c2C)cc1F. The molecule has 2 N–H and O–H groups in total. The van der Waals surface area contributed by atoms with Gasteiger partial charge in [-0.05, 0) is 50.6 Å². The van der Waals surface area contributed by atoms with Crippen molar-refractivity contribution in [3.63, 3.8) is 0 Å². The highest BCUT2D eigenvalue weighted by molar-refractivity contribution is 6.04. The van der Waals surface area contributed by atoms with Crippen LogP contribution in [0.4, 0.5) is 4.39 Å². The molecule has 0 bridgehead atoms. The number of nitrogens with two attached hydrogens (primary N) is 1. The van der Waals surface area contributed by atoms with Crippen molar-refractivity contribution in [1.82, 2.24) is 14.3 Å². The minimum Gasteiger partial charge on any atom is -0.456 e. The lowest BCUT2D eigenvalue weighted by Gasteiger charge is -2.11. The van der Waals surface area contributed by atoms with Crippen molar-refractivity contribution < 1.29 is 23.5 Å². The molecule has 2 aromatic heterocycles. The fraction of sp³-hybridized carbons (Fsp3) is 0.192. The van der Waals surface area contributed by atoms with Gasteiger partial charge in [-0.15, -0.1) is 0 Å². The van der Waals surface area contributed by atoms with Gasteiger partial charge in [0.25, 0.3) is 11.5 Å². The summed E-state index contributed by atoms with van der Waals surface area (Å²) in [5, 5.41) is 4.36. The molecule has 0 saturated carbocycles. The van der Waals surface area contributed by atoms with Crippen molar-refractivity contribution in [2.75, 3.05) is 6.61 Å². The number of primary amides is 1. The number of halogens is 1. The quantitative estimate of drug-likeness (QED) is 0.314. The summed E-state index contributed by atoms with van der Waals surface area (Å²) < 4.78 is 21.7. The number of nitrogens with zero attached hydrogens (tertiary/aromatic N) is 3. The number of hydrogen-bond donors (Lipinski definition) is 1. The predicted molar refractivity (Wildman–Crippen MR) is 130 cm³/mol. The lowest BCUT2D eigenvalue weighted by molar-refractivity contribution is -0.143. The van der Waals surface area contributed by atoms with Crippen LogP contribution in [0.15, 0.2) is 53.3 Å². The van der Waals surface area contributed by atoms with Gasteiger partial charge in [0.15, 0.2) is 12.3 Å². The topological polar surface area (TPSA) is 126 Å². The van der Waals surface area contributed by atoms with Crippen LogP contribution in [0.2, 0.25) is 0 Å². The van der Waals surface area contributed by atoms with Crippen LogP contribution in [0.25, 0.3) is 16.5 Å². The summed E-state index contributed by atoms with van der Waals surface area (Å²) in [7, 11) is 0. The lowest BCUT2D eigenvalue weighted by Crippen LogP contribution is -2.31. The Kier molecular flexibility index (Phi) is 6.52. The van der Waals surface area contributed by atoms with Crippen LogP contribution in [0.1, 0.15) is 37.8 Å². The third-order valence-corrected chi connectivity index (χ3v) is 5.89. The van der Waals surface area contributed by atoms with Gasteiger partial charge in [-0.2, -0.15) is 5.10 Å². The van der Waals surface area contributed by atoms with Gasteiger partial charge < -0.3 is 15.0 Å². The first-order chi connectivity index (χ1) is 17.1. The van der Waals surface area contributed by atoms with Crippen molar-refractivity contribution in [1.29, 1.82) is 0 Å². The Morgan fingerprint density at radius 1 is 1.03 bits per heavy atom. The van der Waals surface area contributed by atoms with Crippen molar-refractivity contribution in [2.24, 2.45) is 5.73 Å². The van der Waals surface area contributed by atoms with Crippen molar-refractivity contribution in [2.45, 2.75) is 27.3 Å². The Balaban J connectivity index is 1.52. The number of aryl methyl sites for hydroxylation is 2. The average molecular weight is 490 g/mol. The Hall–Kier alpha value is -4.60. The maximum Gasteiger partial charge on any atom is 0.328 e. The Labute approximate surface area is 204 Å². The van der Waals surface area contributed by atoms with E-state index in [1.165, 1.54) is 18.2 Å². The zero-order valence-corrected chi connectivity index (χ0v) is 19.9. The standard InChI is InChI=1S/C26H23FN4O5/c1-14-8-9-17(11-21(14)27)31-15(2)10-20(16(31)3)22(32)13-36-23(33)12-30-26(35)19-7-5-4-6-18(19)24(29-30)25(28)34/h4-11H,12-13H2,1-3H3,(H2,28,34). The summed E-state index contributed by atoms with van der Waals surface area (Å²) in [5.74, 6) is -2.57. The van der Waals surface area contributed by atoms with E-state index in [0.29, 0.717) is 28.2 Å². The number of amides is 1. The number of esters is 1. The molecule has 4 aromatic rings. The number of aromatic nitrogens is 3. The fourth-order valence-electron chi connectivity index (χ4n) is 4.08. The minimum absolute atomic E-state index is 0.158. The van der Waals surface area contributed by atoms with E-state index in [2.05, 4.69) is 5.10 Å². The van der Waals surface area contributed by atoms with E-state index in [1.54, 1.807) is 55.7 Å². The molecule has 2 heterocycles. The third-order valence-electron chi connectivity index (χ3n) is 5.89. The third kappa shape index (κ3) is 4.52. The number of fused-ring (bicyclic) bond motifs is 1. The number of carbonyl (C=O) groups excluding carboxylic acids is 3. The lowest BCUT2D eigenvalue weighted by atomic mass is 10.1. The molecule has 0 unspecified atom stereocenters. The fourth-order valence-corrected chi connectivity index (χ4v) is 4.08. The van der Waals surface area contributed by atoms with E-state index in [9.17, 15) is 23.6 Å². The largest absolute Gasteiger partial charge is 0.456 e. The van der Waals surface area contributed by atoms with E-state index >= 15 is 0 Å². The molecule has 10 heteroatoms. The Bertz CT molecular complexity index is 1600. The van der Waals surface area contributed by atoms with Crippen molar-refractivity contribution in [3.8, 4) is 5.69 Å². The molecule has 0 radical (unpaired) electrons. The molecule has 0 saturated heterocycles. The summed E-state index contributed by atoms with van der Waals surface area (Å²) in [5.41, 5.74) is 7.28. The molecule has 0 spiro atoms. The van der Waals surface area contributed by atoms with Gasteiger partial charge in [0.05, 0.1) is 5.39 Å². The zero-order valence-electron chi connectivity index (χ0n) is 19.9. The first-order valence-corrected chi connectivity index (χ1v) is 11.0. The maximum atomic E-state index is 14.1. The van der Waals surface area contributed by atoms with Crippen LogP contribution in [0, 0.1) is 26.6 Å². The van der Waals surface area contributed by atoms with Gasteiger partial charge in [-0.1, -0.05) is 24.3 Å². The van der Waals surface area contributed by atoms with Crippen LogP contribution in [0.3, 0.4) is 0 Å². The van der Waals surface area contributed by atoms with E-state index in [4.69, 9.17) is 10.5 Å². The number of Topliss-reactive ketones (excluding diaryl/α,β-unsaturated/α-hetero) is 1. The van der Waals surface area contributed by atoms with E-state index in [1.807, 2.05) is 0 Å². The first kappa shape index (κ1) is 24.5. The number of hydrogen-bond acceptors (Lipinski definition) is 6. The summed E-state index contributed by atoms with van der Waals surface area (Å²) in [4.78, 5) is 49.7. The normalized spacial score (nSPS) is 11.0. The molecule has 0 aliphatic carbocycles. The Morgan fingerprint density at radius 2 is 1.72 bits per heavy atom. The number of carbonyl (C=O) groups is 3. The molecule has 0 atom stereocenters. The Morgan fingerprint density at radius 3 is 2.39 bits per heavy atom. The summed E-state index contributed by atoms with van der Waals surface area (Å²) in [6, 6.07) is 12.7. The van der Waals surface area contributed by atoms with Gasteiger partial charge in [0.2, 0.25) is 5.78 Å². The van der Waals surface area contributed by atoms with Gasteiger partial charge >= 0.3 is 5.97 Å². The van der Waals surface area contributed by atoms with Gasteiger partial charge in [-0.3, -0.25) is 19.2 Å². The summed E-state index contributed by atoms with van der Waals surface area (Å²) in [6.45, 7) is 3.97. The van der Waals surface area contributed by atoms with Crippen LogP contribution in [-0.2, 0) is 16.1 Å². The maximum absolute atomic E-state index is 14.1. The second-order valence-corrected chi connectivity index (χ2v) is 8.36. The highest BCUT2D eigenvalue weighted by Crippen LogP contribution is 2.23. The van der Waals surface area contributed by atoms with E-state index in [0.717, 1.165) is 4.68 Å². The molecule has 184 valence electrons. The second kappa shape index (κ2) is 9.57. The first-order valence-electron chi connectivity index (χ1n) is 11.0. The number of rotatable bonds is 7. The van der Waals surface area contributed by atoms with Crippen LogP contribution in [-0.4, -0.2) is 38.6 Å². The highest BCUT2D eigenvalue weighted by Gasteiger charge is 2.20. The van der Waals surface area contributed by atoms with Gasteiger partial charge in [0.1, 0.15) is 12.4 Å². The van der Waals surface area contributed by atoms with Crippen LogP contribution >= 0.6 is 0 Å². The van der Waals surface area contributed by atoms with E-state index < -0.39 is 36.4 Å². The molecule has 0 aliphatic heterocycles. The average Bonchev–Trinajstić information content (AvgIpc) is 3.14. The van der Waals surface area contributed by atoms with Crippen molar-refractivity contribution in [3.05, 3.63) is 92.9 Å².